The third kappa shape index (κ3) is 2.74. The summed E-state index contributed by atoms with van der Waals surface area (Å²) in [7, 11) is 0. The Morgan fingerprint density at radius 1 is 1.17 bits per heavy atom. The van der Waals surface area contributed by atoms with Gasteiger partial charge in [-0.2, -0.15) is 0 Å². The van der Waals surface area contributed by atoms with Crippen molar-refractivity contribution in [2.24, 2.45) is 5.73 Å². The molecule has 0 radical (unpaired) electrons. The molecule has 1 atom stereocenters. The van der Waals surface area contributed by atoms with Gasteiger partial charge in [0.1, 0.15) is 0 Å². The van der Waals surface area contributed by atoms with E-state index in [9.17, 15) is 9.59 Å². The predicted molar refractivity (Wildman–Crippen MR) is 86.7 cm³/mol. The maximum atomic E-state index is 13.4. The van der Waals surface area contributed by atoms with Crippen LogP contribution in [0.25, 0.3) is 0 Å². The number of hydrogen-bond donors (Lipinski definition) is 1. The number of amides is 2. The van der Waals surface area contributed by atoms with Gasteiger partial charge in [-0.1, -0.05) is 43.2 Å². The summed E-state index contributed by atoms with van der Waals surface area (Å²) in [4.78, 5) is 26.8. The zero-order valence-corrected chi connectivity index (χ0v) is 13.6. The van der Waals surface area contributed by atoms with E-state index in [1.165, 1.54) is 0 Å². The van der Waals surface area contributed by atoms with E-state index in [0.717, 1.165) is 31.2 Å². The predicted octanol–water partition coefficient (Wildman–Crippen LogP) is 1.60. The fourth-order valence-electron chi connectivity index (χ4n) is 3.86. The molecule has 1 aromatic carbocycles. The van der Waals surface area contributed by atoms with Crippen molar-refractivity contribution in [1.29, 1.82) is 0 Å². The number of carbonyl (C=O) groups is 2. The fourth-order valence-corrected chi connectivity index (χ4v) is 3.86. The first-order valence-corrected chi connectivity index (χ1v) is 8.27. The molecule has 1 aromatic rings. The van der Waals surface area contributed by atoms with Crippen LogP contribution in [0.2, 0.25) is 0 Å². The van der Waals surface area contributed by atoms with E-state index in [1.54, 1.807) is 11.8 Å². The van der Waals surface area contributed by atoms with E-state index in [2.05, 4.69) is 0 Å². The average Bonchev–Trinajstić information content (AvgIpc) is 3.06. The van der Waals surface area contributed by atoms with Crippen LogP contribution in [-0.2, 0) is 19.7 Å². The van der Waals surface area contributed by atoms with Crippen LogP contribution >= 0.6 is 0 Å². The minimum absolute atomic E-state index is 0.108. The van der Waals surface area contributed by atoms with Gasteiger partial charge in [0.2, 0.25) is 5.91 Å². The Labute approximate surface area is 136 Å². The molecule has 2 fully saturated rings. The summed E-state index contributed by atoms with van der Waals surface area (Å²) in [6.07, 6.45) is 3.83. The van der Waals surface area contributed by atoms with Crippen molar-refractivity contribution in [2.75, 3.05) is 19.7 Å². The molecule has 1 saturated carbocycles. The van der Waals surface area contributed by atoms with Crippen molar-refractivity contribution in [1.82, 2.24) is 4.90 Å². The second-order valence-corrected chi connectivity index (χ2v) is 6.83. The number of rotatable bonds is 3. The molecule has 5 nitrogen and oxygen atoms in total. The minimum atomic E-state index is -1.09. The highest BCUT2D eigenvalue weighted by molar-refractivity contribution is 5.90. The molecule has 23 heavy (non-hydrogen) atoms. The van der Waals surface area contributed by atoms with Crippen LogP contribution in [0.15, 0.2) is 30.3 Å². The van der Waals surface area contributed by atoms with E-state index in [4.69, 9.17) is 10.5 Å². The van der Waals surface area contributed by atoms with E-state index < -0.39 is 16.9 Å². The van der Waals surface area contributed by atoms with Crippen LogP contribution in [0.1, 0.15) is 38.2 Å². The summed E-state index contributed by atoms with van der Waals surface area (Å²) in [5.74, 6) is -0.410. The lowest BCUT2D eigenvalue weighted by Gasteiger charge is -2.42. The molecule has 1 saturated heterocycles. The summed E-state index contributed by atoms with van der Waals surface area (Å²) in [6, 6.07) is 10.0. The molecule has 1 aliphatic heterocycles. The second kappa shape index (κ2) is 5.96. The number of nitrogens with two attached hydrogens (primary N) is 1. The Morgan fingerprint density at radius 2 is 1.83 bits per heavy atom. The van der Waals surface area contributed by atoms with Crippen LogP contribution < -0.4 is 5.73 Å². The van der Waals surface area contributed by atoms with E-state index >= 15 is 0 Å². The van der Waals surface area contributed by atoms with Gasteiger partial charge in [-0.15, -0.1) is 0 Å². The van der Waals surface area contributed by atoms with Crippen molar-refractivity contribution >= 4 is 11.8 Å². The van der Waals surface area contributed by atoms with Crippen LogP contribution in [-0.4, -0.2) is 42.0 Å². The number of benzene rings is 1. The van der Waals surface area contributed by atoms with Gasteiger partial charge in [-0.05, 0) is 25.3 Å². The fraction of sp³-hybridized carbons (Fsp3) is 0.556. The zero-order valence-electron chi connectivity index (χ0n) is 13.6. The Balaban J connectivity index is 1.89. The van der Waals surface area contributed by atoms with Gasteiger partial charge < -0.3 is 15.4 Å². The Kier molecular flexibility index (Phi) is 4.15. The van der Waals surface area contributed by atoms with E-state index in [1.807, 2.05) is 30.3 Å². The summed E-state index contributed by atoms with van der Waals surface area (Å²) in [5.41, 5.74) is 4.98. The first-order valence-electron chi connectivity index (χ1n) is 8.27. The molecule has 0 aromatic heterocycles. The van der Waals surface area contributed by atoms with Crippen molar-refractivity contribution in [3.63, 3.8) is 0 Å². The summed E-state index contributed by atoms with van der Waals surface area (Å²) in [6.45, 7) is 2.75. The number of morpholine rings is 1. The van der Waals surface area contributed by atoms with Crippen molar-refractivity contribution < 1.29 is 14.3 Å². The summed E-state index contributed by atoms with van der Waals surface area (Å²) in [5, 5.41) is 0. The monoisotopic (exact) mass is 316 g/mol. The van der Waals surface area contributed by atoms with Gasteiger partial charge in [0, 0.05) is 6.54 Å². The lowest BCUT2D eigenvalue weighted by atomic mass is 9.77. The molecular formula is C18H24N2O3. The van der Waals surface area contributed by atoms with E-state index in [-0.39, 0.29) is 12.5 Å². The first kappa shape index (κ1) is 16.0. The Bertz CT molecular complexity index is 596. The molecule has 1 heterocycles. The van der Waals surface area contributed by atoms with Crippen molar-refractivity contribution in [3.8, 4) is 0 Å². The third-order valence-corrected chi connectivity index (χ3v) is 5.28. The molecule has 0 spiro atoms. The zero-order chi connectivity index (χ0) is 16.5. The van der Waals surface area contributed by atoms with Gasteiger partial charge >= 0.3 is 0 Å². The summed E-state index contributed by atoms with van der Waals surface area (Å²) >= 11 is 0. The maximum absolute atomic E-state index is 13.4. The summed E-state index contributed by atoms with van der Waals surface area (Å²) < 4.78 is 5.54. The smallest absolute Gasteiger partial charge is 0.251 e. The second-order valence-electron chi connectivity index (χ2n) is 6.83. The lowest BCUT2D eigenvalue weighted by Crippen LogP contribution is -2.60. The SMILES string of the molecule is CC1(C(N)=O)CN(C(=O)C2(c3ccccc3)CCCC2)CCO1. The largest absolute Gasteiger partial charge is 0.367 e. The van der Waals surface area contributed by atoms with Crippen LogP contribution in [0.3, 0.4) is 0 Å². The number of primary amides is 1. The van der Waals surface area contributed by atoms with Crippen LogP contribution in [0.5, 0.6) is 0 Å². The van der Waals surface area contributed by atoms with Crippen LogP contribution in [0.4, 0.5) is 0 Å². The normalized spacial score (nSPS) is 26.9. The molecule has 2 amide bonds. The number of ether oxygens (including phenoxy) is 1. The molecule has 5 heteroatoms. The molecule has 3 rings (SSSR count). The number of nitrogens with zero attached hydrogens (tertiary/aromatic N) is 1. The molecule has 0 bridgehead atoms. The average molecular weight is 316 g/mol. The highest BCUT2D eigenvalue weighted by Gasteiger charge is 2.48. The molecule has 124 valence electrons. The molecule has 1 aliphatic carbocycles. The van der Waals surface area contributed by atoms with E-state index in [0.29, 0.717) is 13.2 Å². The molecular weight excluding hydrogens is 292 g/mol. The maximum Gasteiger partial charge on any atom is 0.251 e. The minimum Gasteiger partial charge on any atom is -0.367 e. The van der Waals surface area contributed by atoms with Gasteiger partial charge in [0.15, 0.2) is 5.60 Å². The van der Waals surface area contributed by atoms with Gasteiger partial charge in [-0.25, -0.2) is 0 Å². The Morgan fingerprint density at radius 3 is 2.43 bits per heavy atom. The highest BCUT2D eigenvalue weighted by atomic mass is 16.5. The Hall–Kier alpha value is -1.88. The molecule has 1 unspecified atom stereocenters. The third-order valence-electron chi connectivity index (χ3n) is 5.28. The highest BCUT2D eigenvalue weighted by Crippen LogP contribution is 2.43. The topological polar surface area (TPSA) is 72.6 Å². The first-order chi connectivity index (χ1) is 11.0. The van der Waals surface area contributed by atoms with Crippen molar-refractivity contribution in [3.05, 3.63) is 35.9 Å². The van der Waals surface area contributed by atoms with Gasteiger partial charge in [0.25, 0.3) is 5.91 Å². The quantitative estimate of drug-likeness (QED) is 0.920. The van der Waals surface area contributed by atoms with Crippen LogP contribution in [0, 0.1) is 0 Å². The molecule has 2 N–H and O–H groups in total. The lowest BCUT2D eigenvalue weighted by molar-refractivity contribution is -0.163. The van der Waals surface area contributed by atoms with Crippen molar-refractivity contribution in [2.45, 2.75) is 43.6 Å². The molecule has 2 aliphatic rings. The standard InChI is InChI=1S/C18H24N2O3/c1-17(15(19)21)13-20(11-12-23-17)16(22)18(9-5-6-10-18)14-7-3-2-4-8-14/h2-4,7-8H,5-6,9-13H2,1H3,(H2,19,21). The van der Waals surface area contributed by atoms with Gasteiger partial charge in [-0.3, -0.25) is 9.59 Å². The van der Waals surface area contributed by atoms with Gasteiger partial charge in [0.05, 0.1) is 18.6 Å². The number of hydrogen-bond acceptors (Lipinski definition) is 3. The number of carbonyl (C=O) groups excluding carboxylic acids is 2.